The maximum absolute atomic E-state index is 10.1. The van der Waals surface area contributed by atoms with Crippen molar-refractivity contribution in [2.45, 2.75) is 5.25 Å². The summed E-state index contributed by atoms with van der Waals surface area (Å²) in [6, 6.07) is 0. The molecule has 0 bridgehead atoms. The van der Waals surface area contributed by atoms with Gasteiger partial charge < -0.3 is 0 Å². The second-order valence-electron chi connectivity index (χ2n) is 1.58. The van der Waals surface area contributed by atoms with E-state index >= 15 is 0 Å². The summed E-state index contributed by atoms with van der Waals surface area (Å²) in [5.74, 6) is 0.00249. The predicted octanol–water partition coefficient (Wildman–Crippen LogP) is 0.102. The summed E-state index contributed by atoms with van der Waals surface area (Å²) in [6.07, 6.45) is 0. The van der Waals surface area contributed by atoms with Gasteiger partial charge in [0, 0.05) is 11.0 Å². The van der Waals surface area contributed by atoms with Gasteiger partial charge in [-0.05, 0) is 0 Å². The maximum Gasteiger partial charge on any atom is 0.265 e. The molecule has 0 saturated carbocycles. The molecule has 0 aliphatic carbocycles. The fraction of sp³-hybridized carbons (Fsp3) is 1.00. The fourth-order valence-electron chi connectivity index (χ4n) is 0.296. The van der Waals surface area contributed by atoms with Crippen LogP contribution in [0.1, 0.15) is 0 Å². The zero-order chi connectivity index (χ0) is 7.49. The largest absolute Gasteiger partial charge is 0.286 e. The minimum atomic E-state index is -3.86. The highest BCUT2D eigenvalue weighted by atomic mass is 32.2. The van der Waals surface area contributed by atoms with Crippen molar-refractivity contribution in [1.29, 1.82) is 0 Å². The summed E-state index contributed by atoms with van der Waals surface area (Å²) in [5.41, 5.74) is 0. The molecule has 1 atom stereocenters. The van der Waals surface area contributed by atoms with Crippen LogP contribution in [-0.4, -0.2) is 29.7 Å². The standard InChI is InChI=1S/C3H8O3S3/c4-9(5,6)2-3(8)1-7/h3,7-8H,1-2H2,(H,4,5,6)/t3-/m1/s1. The average molecular weight is 188 g/mol. The van der Waals surface area contributed by atoms with E-state index in [9.17, 15) is 8.42 Å². The van der Waals surface area contributed by atoms with E-state index < -0.39 is 10.1 Å². The predicted molar refractivity (Wildman–Crippen MR) is 43.0 cm³/mol. The first-order chi connectivity index (χ1) is 3.95. The highest BCUT2D eigenvalue weighted by molar-refractivity contribution is 7.89. The molecule has 6 heteroatoms. The zero-order valence-electron chi connectivity index (χ0n) is 4.56. The van der Waals surface area contributed by atoms with Crippen LogP contribution in [0.25, 0.3) is 0 Å². The van der Waals surface area contributed by atoms with Crippen molar-refractivity contribution in [2.75, 3.05) is 11.5 Å². The number of hydrogen-bond donors (Lipinski definition) is 3. The number of rotatable bonds is 3. The molecule has 1 N–H and O–H groups in total. The van der Waals surface area contributed by atoms with Crippen molar-refractivity contribution in [3.63, 3.8) is 0 Å². The topological polar surface area (TPSA) is 54.4 Å². The lowest BCUT2D eigenvalue weighted by molar-refractivity contribution is 0.483. The Morgan fingerprint density at radius 1 is 1.56 bits per heavy atom. The van der Waals surface area contributed by atoms with Crippen molar-refractivity contribution >= 4 is 35.4 Å². The molecule has 0 saturated heterocycles. The van der Waals surface area contributed by atoms with Crippen LogP contribution in [0, 0.1) is 0 Å². The van der Waals surface area contributed by atoms with Gasteiger partial charge in [0.25, 0.3) is 10.1 Å². The number of thiol groups is 2. The van der Waals surface area contributed by atoms with Gasteiger partial charge in [0.2, 0.25) is 0 Å². The zero-order valence-corrected chi connectivity index (χ0v) is 7.16. The van der Waals surface area contributed by atoms with E-state index in [-0.39, 0.29) is 11.0 Å². The van der Waals surface area contributed by atoms with E-state index in [1.54, 1.807) is 0 Å². The summed E-state index contributed by atoms with van der Waals surface area (Å²) in [5, 5.41) is -0.386. The molecule has 0 aliphatic rings. The molecule has 0 radical (unpaired) electrons. The minimum Gasteiger partial charge on any atom is -0.286 e. The van der Waals surface area contributed by atoms with Gasteiger partial charge in [0.15, 0.2) is 0 Å². The van der Waals surface area contributed by atoms with Gasteiger partial charge in [0.1, 0.15) is 0 Å². The summed E-state index contributed by atoms with van der Waals surface area (Å²) >= 11 is 7.58. The van der Waals surface area contributed by atoms with Gasteiger partial charge in [-0.25, -0.2) is 0 Å². The van der Waals surface area contributed by atoms with Crippen LogP contribution >= 0.6 is 25.3 Å². The Hall–Kier alpha value is 0.610. The van der Waals surface area contributed by atoms with Crippen LogP contribution in [-0.2, 0) is 10.1 Å². The Bertz CT molecular complexity index is 161. The first-order valence-electron chi connectivity index (χ1n) is 2.20. The van der Waals surface area contributed by atoms with E-state index in [1.165, 1.54) is 0 Å². The van der Waals surface area contributed by atoms with Gasteiger partial charge in [0.05, 0.1) is 5.75 Å². The summed E-state index contributed by atoms with van der Waals surface area (Å²) in [4.78, 5) is 0. The molecule has 0 amide bonds. The molecule has 9 heavy (non-hydrogen) atoms. The quantitative estimate of drug-likeness (QED) is 0.435. The van der Waals surface area contributed by atoms with Crippen LogP contribution in [0.5, 0.6) is 0 Å². The van der Waals surface area contributed by atoms with Crippen molar-refractivity contribution in [1.82, 2.24) is 0 Å². The van der Waals surface area contributed by atoms with E-state index in [0.717, 1.165) is 0 Å². The summed E-state index contributed by atoms with van der Waals surface area (Å²) in [6.45, 7) is 0. The van der Waals surface area contributed by atoms with E-state index in [4.69, 9.17) is 4.55 Å². The van der Waals surface area contributed by atoms with Crippen molar-refractivity contribution in [3.05, 3.63) is 0 Å². The van der Waals surface area contributed by atoms with Crippen LogP contribution in [0.2, 0.25) is 0 Å². The molecule has 56 valence electrons. The van der Waals surface area contributed by atoms with Gasteiger partial charge in [-0.1, -0.05) is 0 Å². The third-order valence-corrected chi connectivity index (χ3v) is 2.78. The van der Waals surface area contributed by atoms with Gasteiger partial charge in [-0.15, -0.1) is 0 Å². The van der Waals surface area contributed by atoms with Gasteiger partial charge >= 0.3 is 0 Å². The summed E-state index contributed by atoms with van der Waals surface area (Å²) in [7, 11) is -3.86. The van der Waals surface area contributed by atoms with Gasteiger partial charge in [-0.3, -0.25) is 4.55 Å². The van der Waals surface area contributed by atoms with Crippen molar-refractivity contribution < 1.29 is 13.0 Å². The number of hydrogen-bond acceptors (Lipinski definition) is 4. The van der Waals surface area contributed by atoms with Crippen LogP contribution in [0.15, 0.2) is 0 Å². The normalized spacial score (nSPS) is 15.4. The molecule has 0 aromatic carbocycles. The Balaban J connectivity index is 3.75. The Morgan fingerprint density at radius 3 is 2.11 bits per heavy atom. The molecule has 0 unspecified atom stereocenters. The third-order valence-electron chi connectivity index (χ3n) is 0.614. The highest BCUT2D eigenvalue weighted by Crippen LogP contribution is 2.00. The molecule has 0 spiro atoms. The molecule has 0 aliphatic heterocycles. The molecule has 0 rings (SSSR count). The van der Waals surface area contributed by atoms with Crippen LogP contribution in [0.4, 0.5) is 0 Å². The summed E-state index contributed by atoms with van der Waals surface area (Å²) < 4.78 is 28.4. The lowest BCUT2D eigenvalue weighted by Gasteiger charge is -2.01. The molecule has 0 aromatic rings. The van der Waals surface area contributed by atoms with E-state index in [0.29, 0.717) is 5.75 Å². The molecule has 0 heterocycles. The minimum absolute atomic E-state index is 0.334. The Morgan fingerprint density at radius 2 is 2.00 bits per heavy atom. The van der Waals surface area contributed by atoms with Crippen LogP contribution < -0.4 is 0 Å². The monoisotopic (exact) mass is 188 g/mol. The van der Waals surface area contributed by atoms with E-state index in [1.807, 2.05) is 0 Å². The Kier molecular flexibility index (Phi) is 3.95. The van der Waals surface area contributed by atoms with Gasteiger partial charge in [-0.2, -0.15) is 33.7 Å². The second kappa shape index (κ2) is 3.70. The van der Waals surface area contributed by atoms with E-state index in [2.05, 4.69) is 25.3 Å². The first-order valence-corrected chi connectivity index (χ1v) is 4.95. The molecular weight excluding hydrogens is 180 g/mol. The lowest BCUT2D eigenvalue weighted by atomic mass is 10.6. The van der Waals surface area contributed by atoms with Crippen molar-refractivity contribution in [3.8, 4) is 0 Å². The second-order valence-corrected chi connectivity index (χ2v) is 4.18. The smallest absolute Gasteiger partial charge is 0.265 e. The third kappa shape index (κ3) is 6.50. The average Bonchev–Trinajstić information content (AvgIpc) is 1.62. The molecule has 0 fully saturated rings. The van der Waals surface area contributed by atoms with Crippen LogP contribution in [0.3, 0.4) is 0 Å². The Labute approximate surface area is 65.4 Å². The first kappa shape index (κ1) is 9.61. The SMILES string of the molecule is O=S(=O)(O)C[C@H](S)CS. The lowest BCUT2D eigenvalue weighted by Crippen LogP contribution is -2.16. The fourth-order valence-corrected chi connectivity index (χ4v) is 1.77. The molecular formula is C3H8O3S3. The molecule has 0 aromatic heterocycles. The van der Waals surface area contributed by atoms with Crippen molar-refractivity contribution in [2.24, 2.45) is 0 Å². The molecule has 3 nitrogen and oxygen atoms in total. The maximum atomic E-state index is 10.1. The highest BCUT2D eigenvalue weighted by Gasteiger charge is 2.10.